The zero-order valence-corrected chi connectivity index (χ0v) is 17.9. The third-order valence-electron chi connectivity index (χ3n) is 5.69. The van der Waals surface area contributed by atoms with Crippen LogP contribution in [0.4, 0.5) is 27.8 Å². The van der Waals surface area contributed by atoms with E-state index in [0.717, 1.165) is 18.3 Å². The molecule has 0 fully saturated rings. The van der Waals surface area contributed by atoms with Crippen LogP contribution in [-0.4, -0.2) is 24.1 Å². The Morgan fingerprint density at radius 3 is 2.37 bits per heavy atom. The summed E-state index contributed by atoms with van der Waals surface area (Å²) in [7, 11) is 1.53. The Kier molecular flexibility index (Phi) is 5.04. The molecule has 0 amide bonds. The first-order chi connectivity index (χ1) is 16.6. The van der Waals surface area contributed by atoms with Gasteiger partial charge in [-0.1, -0.05) is 6.07 Å². The molecular weight excluding hydrogens is 471 g/mol. The number of hydrogen-bond acceptors (Lipinski definition) is 5. The van der Waals surface area contributed by atoms with Gasteiger partial charge in [-0.15, -0.1) is 0 Å². The Balaban J connectivity index is 1.78. The van der Waals surface area contributed by atoms with E-state index >= 15 is 0 Å². The van der Waals surface area contributed by atoms with E-state index < -0.39 is 35.4 Å². The molecule has 35 heavy (non-hydrogen) atoms. The van der Waals surface area contributed by atoms with Crippen LogP contribution < -0.4 is 11.4 Å². The lowest BCUT2D eigenvalue weighted by molar-refractivity contribution is -0.137. The second-order valence-electron chi connectivity index (χ2n) is 7.80. The molecule has 4 heterocycles. The lowest BCUT2D eigenvalue weighted by atomic mass is 10.0. The molecule has 0 unspecified atom stereocenters. The van der Waals surface area contributed by atoms with Crippen molar-refractivity contribution in [3.05, 3.63) is 76.7 Å². The normalized spacial score (nSPS) is 12.2. The van der Waals surface area contributed by atoms with E-state index in [9.17, 15) is 26.7 Å². The molecule has 0 bridgehead atoms. The van der Waals surface area contributed by atoms with Crippen LogP contribution in [0.3, 0.4) is 0 Å². The van der Waals surface area contributed by atoms with Gasteiger partial charge >= 0.3 is 11.9 Å². The van der Waals surface area contributed by atoms with E-state index in [1.54, 1.807) is 18.2 Å². The molecule has 0 aliphatic rings. The number of benzene rings is 1. The topological polar surface area (TPSA) is 91.6 Å². The second kappa shape index (κ2) is 7.86. The van der Waals surface area contributed by atoms with Gasteiger partial charge in [-0.25, -0.2) is 18.6 Å². The predicted molar refractivity (Wildman–Crippen MR) is 119 cm³/mol. The van der Waals surface area contributed by atoms with Gasteiger partial charge in [0.2, 0.25) is 0 Å². The summed E-state index contributed by atoms with van der Waals surface area (Å²) in [4.78, 5) is 24.8. The molecule has 4 aromatic heterocycles. The van der Waals surface area contributed by atoms with E-state index in [1.165, 1.54) is 34.6 Å². The standard InChI is InChI=1S/C23H15F5N6O/c1-33-18-10-31-16-4-2-11(12-7-15(23(26,27)28)21(29)32-8-12)6-14(16)19(18)34(22(33)35)13-3-5-17(20(24)25)30-9-13/h2-10,20H,1H3,(H2,29,32). The average Bonchev–Trinajstić information content (AvgIpc) is 3.08. The Morgan fingerprint density at radius 1 is 0.943 bits per heavy atom. The molecule has 0 radical (unpaired) electrons. The van der Waals surface area contributed by atoms with Gasteiger partial charge in [0.05, 0.1) is 40.2 Å². The summed E-state index contributed by atoms with van der Waals surface area (Å²) in [6, 6.07) is 8.16. The number of anilines is 1. The molecule has 7 nitrogen and oxygen atoms in total. The van der Waals surface area contributed by atoms with Crippen LogP contribution in [0.25, 0.3) is 38.8 Å². The Morgan fingerprint density at radius 2 is 1.71 bits per heavy atom. The van der Waals surface area contributed by atoms with Crippen molar-refractivity contribution < 1.29 is 22.0 Å². The molecule has 0 saturated carbocycles. The van der Waals surface area contributed by atoms with Gasteiger partial charge in [0, 0.05) is 24.2 Å². The summed E-state index contributed by atoms with van der Waals surface area (Å²) in [5.41, 5.74) is 5.55. The predicted octanol–water partition coefficient (Wildman–Crippen LogP) is 4.87. The number of pyridine rings is 3. The van der Waals surface area contributed by atoms with E-state index in [2.05, 4.69) is 15.0 Å². The van der Waals surface area contributed by atoms with Crippen molar-refractivity contribution in [2.75, 3.05) is 5.73 Å². The van der Waals surface area contributed by atoms with Crippen LogP contribution >= 0.6 is 0 Å². The smallest absolute Gasteiger partial charge is 0.383 e. The van der Waals surface area contributed by atoms with Crippen molar-refractivity contribution in [2.45, 2.75) is 12.6 Å². The van der Waals surface area contributed by atoms with Crippen molar-refractivity contribution >= 4 is 27.8 Å². The number of alkyl halides is 5. The zero-order valence-electron chi connectivity index (χ0n) is 17.9. The van der Waals surface area contributed by atoms with Gasteiger partial charge in [-0.05, 0) is 35.9 Å². The fourth-order valence-corrected chi connectivity index (χ4v) is 3.94. The molecule has 0 aliphatic heterocycles. The van der Waals surface area contributed by atoms with Crippen LogP contribution in [0, 0.1) is 0 Å². The molecule has 1 aromatic carbocycles. The summed E-state index contributed by atoms with van der Waals surface area (Å²) in [5.74, 6) is -0.636. The maximum atomic E-state index is 13.3. The molecule has 12 heteroatoms. The summed E-state index contributed by atoms with van der Waals surface area (Å²) in [5, 5.41) is 0.459. The quantitative estimate of drug-likeness (QED) is 0.368. The Labute approximate surface area is 193 Å². The first kappa shape index (κ1) is 22.4. The maximum Gasteiger partial charge on any atom is 0.419 e. The van der Waals surface area contributed by atoms with Gasteiger partial charge in [0.1, 0.15) is 11.5 Å². The number of imidazole rings is 1. The summed E-state index contributed by atoms with van der Waals surface area (Å²) in [6.07, 6.45) is -3.57. The SMILES string of the molecule is Cn1c(=O)n(-c2ccc(C(F)F)nc2)c2c3cc(-c4cnc(N)c(C(F)(F)F)c4)ccc3ncc21. The summed E-state index contributed by atoms with van der Waals surface area (Å²) < 4.78 is 68.6. The average molecular weight is 486 g/mol. The van der Waals surface area contributed by atoms with Crippen LogP contribution in [0.15, 0.2) is 59.8 Å². The van der Waals surface area contributed by atoms with E-state index in [-0.39, 0.29) is 11.3 Å². The number of rotatable bonds is 3. The van der Waals surface area contributed by atoms with E-state index in [0.29, 0.717) is 27.5 Å². The lowest BCUT2D eigenvalue weighted by Crippen LogP contribution is -2.21. The molecule has 0 aliphatic carbocycles. The van der Waals surface area contributed by atoms with Crippen LogP contribution in [0.1, 0.15) is 17.7 Å². The molecule has 5 aromatic rings. The van der Waals surface area contributed by atoms with Crippen LogP contribution in [0.5, 0.6) is 0 Å². The van der Waals surface area contributed by atoms with Crippen molar-refractivity contribution in [1.29, 1.82) is 0 Å². The molecule has 178 valence electrons. The largest absolute Gasteiger partial charge is 0.419 e. The van der Waals surface area contributed by atoms with E-state index in [4.69, 9.17) is 5.73 Å². The Bertz CT molecular complexity index is 1650. The first-order valence-electron chi connectivity index (χ1n) is 10.1. The van der Waals surface area contributed by atoms with Crippen molar-refractivity contribution in [2.24, 2.45) is 7.05 Å². The Hall–Kier alpha value is -4.35. The third kappa shape index (κ3) is 3.66. The lowest BCUT2D eigenvalue weighted by Gasteiger charge is -2.12. The fourth-order valence-electron chi connectivity index (χ4n) is 3.94. The van der Waals surface area contributed by atoms with Crippen molar-refractivity contribution in [1.82, 2.24) is 24.1 Å². The number of aromatic nitrogens is 5. The molecule has 0 saturated heterocycles. The van der Waals surface area contributed by atoms with E-state index in [1.807, 2.05) is 0 Å². The molecule has 5 rings (SSSR count). The first-order valence-corrected chi connectivity index (χ1v) is 10.1. The van der Waals surface area contributed by atoms with Gasteiger partial charge in [-0.2, -0.15) is 13.2 Å². The second-order valence-corrected chi connectivity index (χ2v) is 7.80. The van der Waals surface area contributed by atoms with Crippen molar-refractivity contribution in [3.8, 4) is 16.8 Å². The number of aryl methyl sites for hydroxylation is 1. The number of fused-ring (bicyclic) bond motifs is 3. The maximum absolute atomic E-state index is 13.3. The molecule has 0 atom stereocenters. The minimum atomic E-state index is -4.68. The van der Waals surface area contributed by atoms with Gasteiger partial charge in [0.15, 0.2) is 0 Å². The number of nitrogens with zero attached hydrogens (tertiary/aromatic N) is 5. The van der Waals surface area contributed by atoms with Gasteiger partial charge in [-0.3, -0.25) is 19.1 Å². The van der Waals surface area contributed by atoms with Crippen LogP contribution in [-0.2, 0) is 13.2 Å². The number of hydrogen-bond donors (Lipinski definition) is 1. The zero-order chi connectivity index (χ0) is 25.1. The number of halogens is 5. The minimum Gasteiger partial charge on any atom is -0.383 e. The van der Waals surface area contributed by atoms with Crippen molar-refractivity contribution in [3.63, 3.8) is 0 Å². The van der Waals surface area contributed by atoms with Crippen LogP contribution in [0.2, 0.25) is 0 Å². The monoisotopic (exact) mass is 486 g/mol. The minimum absolute atomic E-state index is 0.165. The highest BCUT2D eigenvalue weighted by Gasteiger charge is 2.34. The highest BCUT2D eigenvalue weighted by atomic mass is 19.4. The molecular formula is C23H15F5N6O. The molecule has 2 N–H and O–H groups in total. The summed E-state index contributed by atoms with van der Waals surface area (Å²) >= 11 is 0. The van der Waals surface area contributed by atoms with Gasteiger partial charge < -0.3 is 5.73 Å². The fraction of sp³-hybridized carbons (Fsp3) is 0.130. The highest BCUT2D eigenvalue weighted by molar-refractivity contribution is 6.04. The summed E-state index contributed by atoms with van der Waals surface area (Å²) in [6.45, 7) is 0. The number of nitrogens with two attached hydrogens (primary N) is 1. The molecule has 0 spiro atoms. The van der Waals surface area contributed by atoms with Gasteiger partial charge in [0.25, 0.3) is 6.43 Å². The third-order valence-corrected chi connectivity index (χ3v) is 5.69. The highest BCUT2D eigenvalue weighted by Crippen LogP contribution is 2.36. The number of nitrogen functional groups attached to an aromatic ring is 1.